The first-order chi connectivity index (χ1) is 9.19. The Hall–Kier alpha value is -1.81. The van der Waals surface area contributed by atoms with Gasteiger partial charge in [0, 0.05) is 15.2 Å². The molecule has 0 spiro atoms. The zero-order chi connectivity index (χ0) is 13.4. The van der Waals surface area contributed by atoms with Crippen LogP contribution in [-0.4, -0.2) is 11.6 Å². The standard InChI is InChI=1S/C15H12BrNO2/c1-2-19-10-4-6-13-12(8-10)15(18)11-5-3-9(16)7-14(11)17-13/h3-8H,2H2,1H3,(H,17,18). The van der Waals surface area contributed by atoms with Gasteiger partial charge in [-0.1, -0.05) is 15.9 Å². The van der Waals surface area contributed by atoms with Crippen LogP contribution in [0, 0.1) is 0 Å². The predicted octanol–water partition coefficient (Wildman–Crippen LogP) is 3.84. The third-order valence-electron chi connectivity index (χ3n) is 3.04. The maximum absolute atomic E-state index is 12.5. The van der Waals surface area contributed by atoms with Gasteiger partial charge in [-0.2, -0.15) is 0 Å². The fourth-order valence-electron chi connectivity index (χ4n) is 2.18. The number of hydrogen-bond donors (Lipinski definition) is 1. The highest BCUT2D eigenvalue weighted by atomic mass is 79.9. The maximum Gasteiger partial charge on any atom is 0.197 e. The van der Waals surface area contributed by atoms with Gasteiger partial charge < -0.3 is 9.72 Å². The Morgan fingerprint density at radius 3 is 2.74 bits per heavy atom. The Balaban J connectivity index is 2.37. The van der Waals surface area contributed by atoms with E-state index in [2.05, 4.69) is 20.9 Å². The minimum atomic E-state index is 0.0257. The first kappa shape index (κ1) is 12.2. The fourth-order valence-corrected chi connectivity index (χ4v) is 2.55. The Morgan fingerprint density at radius 1 is 1.11 bits per heavy atom. The van der Waals surface area contributed by atoms with Gasteiger partial charge in [-0.3, -0.25) is 4.79 Å². The topological polar surface area (TPSA) is 42.1 Å². The number of aromatic amines is 1. The lowest BCUT2D eigenvalue weighted by Gasteiger charge is -2.06. The van der Waals surface area contributed by atoms with Gasteiger partial charge in [0.25, 0.3) is 0 Å². The van der Waals surface area contributed by atoms with Gasteiger partial charge in [0.2, 0.25) is 0 Å². The largest absolute Gasteiger partial charge is 0.494 e. The summed E-state index contributed by atoms with van der Waals surface area (Å²) in [5.41, 5.74) is 1.67. The van der Waals surface area contributed by atoms with E-state index in [4.69, 9.17) is 4.74 Å². The molecule has 0 aliphatic heterocycles. The van der Waals surface area contributed by atoms with Crippen molar-refractivity contribution in [3.05, 3.63) is 51.1 Å². The second kappa shape index (κ2) is 4.70. The van der Waals surface area contributed by atoms with Crippen LogP contribution < -0.4 is 10.2 Å². The average molecular weight is 318 g/mol. The quantitative estimate of drug-likeness (QED) is 0.730. The van der Waals surface area contributed by atoms with Crippen LogP contribution in [0.3, 0.4) is 0 Å². The van der Waals surface area contributed by atoms with E-state index in [0.29, 0.717) is 17.4 Å². The van der Waals surface area contributed by atoms with E-state index >= 15 is 0 Å². The van der Waals surface area contributed by atoms with Gasteiger partial charge in [-0.05, 0) is 43.3 Å². The van der Waals surface area contributed by atoms with Gasteiger partial charge in [0.05, 0.1) is 17.6 Å². The number of H-pyrrole nitrogens is 1. The van der Waals surface area contributed by atoms with Crippen LogP contribution in [0.5, 0.6) is 5.75 Å². The number of benzene rings is 2. The molecule has 0 aliphatic rings. The van der Waals surface area contributed by atoms with Gasteiger partial charge in [-0.15, -0.1) is 0 Å². The molecule has 0 atom stereocenters. The van der Waals surface area contributed by atoms with Crippen molar-refractivity contribution in [1.29, 1.82) is 0 Å². The molecule has 1 heterocycles. The number of rotatable bonds is 2. The number of pyridine rings is 1. The normalized spacial score (nSPS) is 11.1. The molecule has 0 saturated heterocycles. The maximum atomic E-state index is 12.5. The Morgan fingerprint density at radius 2 is 1.95 bits per heavy atom. The molecule has 1 N–H and O–H groups in total. The lowest BCUT2D eigenvalue weighted by Crippen LogP contribution is -2.04. The number of aromatic nitrogens is 1. The zero-order valence-electron chi connectivity index (χ0n) is 10.4. The lowest BCUT2D eigenvalue weighted by molar-refractivity contribution is 0.340. The van der Waals surface area contributed by atoms with E-state index in [1.807, 2.05) is 37.3 Å². The molecule has 0 aliphatic carbocycles. The number of halogens is 1. The fraction of sp³-hybridized carbons (Fsp3) is 0.133. The third-order valence-corrected chi connectivity index (χ3v) is 3.54. The number of fused-ring (bicyclic) bond motifs is 2. The summed E-state index contributed by atoms with van der Waals surface area (Å²) in [7, 11) is 0. The molecular weight excluding hydrogens is 306 g/mol. The van der Waals surface area contributed by atoms with Crippen LogP contribution in [0.4, 0.5) is 0 Å². The molecule has 2 aromatic carbocycles. The minimum Gasteiger partial charge on any atom is -0.494 e. The minimum absolute atomic E-state index is 0.0257. The molecule has 0 bridgehead atoms. The molecule has 0 saturated carbocycles. The van der Waals surface area contributed by atoms with Gasteiger partial charge in [0.1, 0.15) is 5.75 Å². The van der Waals surface area contributed by atoms with Crippen LogP contribution in [-0.2, 0) is 0 Å². The summed E-state index contributed by atoms with van der Waals surface area (Å²) in [5.74, 6) is 0.719. The monoisotopic (exact) mass is 317 g/mol. The van der Waals surface area contributed by atoms with Gasteiger partial charge in [-0.25, -0.2) is 0 Å². The molecule has 0 amide bonds. The summed E-state index contributed by atoms with van der Waals surface area (Å²) in [5, 5.41) is 1.34. The van der Waals surface area contributed by atoms with E-state index in [0.717, 1.165) is 21.3 Å². The number of ether oxygens (including phenoxy) is 1. The Labute approximate surface area is 118 Å². The third kappa shape index (κ3) is 2.12. The lowest BCUT2D eigenvalue weighted by atomic mass is 10.1. The average Bonchev–Trinajstić information content (AvgIpc) is 2.40. The summed E-state index contributed by atoms with van der Waals surface area (Å²) >= 11 is 3.41. The highest BCUT2D eigenvalue weighted by Gasteiger charge is 2.06. The van der Waals surface area contributed by atoms with Crippen LogP contribution in [0.1, 0.15) is 6.92 Å². The second-order valence-corrected chi connectivity index (χ2v) is 5.20. The summed E-state index contributed by atoms with van der Waals surface area (Å²) in [6.45, 7) is 2.51. The van der Waals surface area contributed by atoms with E-state index in [1.54, 1.807) is 6.07 Å². The smallest absolute Gasteiger partial charge is 0.197 e. The van der Waals surface area contributed by atoms with Crippen LogP contribution in [0.25, 0.3) is 21.8 Å². The van der Waals surface area contributed by atoms with Crippen molar-refractivity contribution < 1.29 is 4.74 Å². The van der Waals surface area contributed by atoms with Crippen molar-refractivity contribution in [2.75, 3.05) is 6.61 Å². The van der Waals surface area contributed by atoms with Crippen molar-refractivity contribution in [3.8, 4) is 5.75 Å². The summed E-state index contributed by atoms with van der Waals surface area (Å²) in [6.07, 6.45) is 0. The van der Waals surface area contributed by atoms with E-state index < -0.39 is 0 Å². The first-order valence-corrected chi connectivity index (χ1v) is 6.86. The number of hydrogen-bond acceptors (Lipinski definition) is 2. The Kier molecular flexibility index (Phi) is 3.03. The van der Waals surface area contributed by atoms with Gasteiger partial charge in [0.15, 0.2) is 5.43 Å². The van der Waals surface area contributed by atoms with E-state index in [9.17, 15) is 4.79 Å². The molecule has 0 unspecified atom stereocenters. The van der Waals surface area contributed by atoms with Crippen LogP contribution in [0.2, 0.25) is 0 Å². The molecule has 96 valence electrons. The molecule has 3 rings (SSSR count). The molecule has 3 aromatic rings. The number of nitrogens with one attached hydrogen (secondary N) is 1. The van der Waals surface area contributed by atoms with Crippen molar-refractivity contribution in [2.24, 2.45) is 0 Å². The molecule has 0 fully saturated rings. The highest BCUT2D eigenvalue weighted by Crippen LogP contribution is 2.22. The second-order valence-electron chi connectivity index (χ2n) is 4.28. The molecule has 1 aromatic heterocycles. The van der Waals surface area contributed by atoms with Crippen molar-refractivity contribution >= 4 is 37.7 Å². The van der Waals surface area contributed by atoms with E-state index in [-0.39, 0.29) is 5.43 Å². The zero-order valence-corrected chi connectivity index (χ0v) is 12.0. The van der Waals surface area contributed by atoms with Crippen molar-refractivity contribution in [1.82, 2.24) is 4.98 Å². The SMILES string of the molecule is CCOc1ccc2[nH]c3cc(Br)ccc3c(=O)c2c1. The van der Waals surface area contributed by atoms with Gasteiger partial charge >= 0.3 is 0 Å². The molecule has 4 heteroatoms. The van der Waals surface area contributed by atoms with Crippen LogP contribution >= 0.6 is 15.9 Å². The highest BCUT2D eigenvalue weighted by molar-refractivity contribution is 9.10. The molecule has 19 heavy (non-hydrogen) atoms. The molecule has 0 radical (unpaired) electrons. The first-order valence-electron chi connectivity index (χ1n) is 6.07. The van der Waals surface area contributed by atoms with Crippen LogP contribution in [0.15, 0.2) is 45.7 Å². The molecule has 3 nitrogen and oxygen atoms in total. The van der Waals surface area contributed by atoms with Crippen molar-refractivity contribution in [3.63, 3.8) is 0 Å². The predicted molar refractivity (Wildman–Crippen MR) is 80.9 cm³/mol. The van der Waals surface area contributed by atoms with Crippen molar-refractivity contribution in [2.45, 2.75) is 6.92 Å². The summed E-state index contributed by atoms with van der Waals surface area (Å²) in [4.78, 5) is 15.7. The van der Waals surface area contributed by atoms with E-state index in [1.165, 1.54) is 0 Å². The summed E-state index contributed by atoms with van der Waals surface area (Å²) in [6, 6.07) is 11.1. The molecular formula is C15H12BrNO2. The summed E-state index contributed by atoms with van der Waals surface area (Å²) < 4.78 is 6.39. The Bertz CT molecular complexity index is 823.